The molecule has 1 heterocycles. The summed E-state index contributed by atoms with van der Waals surface area (Å²) in [5.41, 5.74) is 0. The van der Waals surface area contributed by atoms with Crippen LogP contribution < -0.4 is 5.32 Å². The quantitative estimate of drug-likeness (QED) is 0.777. The van der Waals surface area contributed by atoms with Crippen molar-refractivity contribution in [2.45, 2.75) is 11.3 Å². The summed E-state index contributed by atoms with van der Waals surface area (Å²) in [6, 6.07) is 9.67. The number of rotatable bonds is 6. The fourth-order valence-corrected chi connectivity index (χ4v) is 4.53. The summed E-state index contributed by atoms with van der Waals surface area (Å²) < 4.78 is 25.2. The van der Waals surface area contributed by atoms with Crippen molar-refractivity contribution >= 4 is 54.6 Å². The average molecular weight is 423 g/mol. The van der Waals surface area contributed by atoms with Crippen molar-refractivity contribution in [3.8, 4) is 0 Å². The summed E-state index contributed by atoms with van der Waals surface area (Å²) in [7, 11) is -3.64. The molecule has 0 aliphatic rings. The minimum absolute atomic E-state index is 0.0919. The number of hydrogen-bond donors (Lipinski definition) is 1. The molecule has 1 amide bonds. The van der Waals surface area contributed by atoms with Crippen LogP contribution in [-0.4, -0.2) is 26.6 Å². The summed E-state index contributed by atoms with van der Waals surface area (Å²) in [6.07, 6.45) is 0.670. The van der Waals surface area contributed by atoms with E-state index in [1.807, 2.05) is 12.1 Å². The van der Waals surface area contributed by atoms with E-state index in [1.54, 1.807) is 11.3 Å². The van der Waals surface area contributed by atoms with E-state index in [4.69, 9.17) is 11.6 Å². The van der Waals surface area contributed by atoms with Gasteiger partial charge in [0, 0.05) is 16.4 Å². The highest BCUT2D eigenvalue weighted by atomic mass is 79.9. The van der Waals surface area contributed by atoms with E-state index in [0.29, 0.717) is 18.0 Å². The molecule has 0 bridgehead atoms. The second kappa shape index (κ2) is 7.59. The summed E-state index contributed by atoms with van der Waals surface area (Å²) in [5.74, 6) is -1.08. The van der Waals surface area contributed by atoms with Gasteiger partial charge in [-0.05, 0) is 58.7 Å². The molecule has 0 radical (unpaired) electrons. The maximum atomic E-state index is 12.1. The van der Waals surface area contributed by atoms with E-state index in [-0.39, 0.29) is 4.90 Å². The Kier molecular flexibility index (Phi) is 6.02. The number of halogens is 2. The van der Waals surface area contributed by atoms with Crippen LogP contribution in [-0.2, 0) is 21.1 Å². The van der Waals surface area contributed by atoms with Crippen LogP contribution in [0.4, 0.5) is 0 Å². The third-order valence-electron chi connectivity index (χ3n) is 2.82. The lowest BCUT2D eigenvalue weighted by Gasteiger charge is -2.06. The molecule has 0 fully saturated rings. The number of carbonyl (C=O) groups excluding carboxylic acids is 1. The molecular formula is C14H13BrClNO3S2. The highest BCUT2D eigenvalue weighted by Gasteiger charge is 2.19. The largest absolute Gasteiger partial charge is 0.355 e. The lowest BCUT2D eigenvalue weighted by atomic mass is 10.3. The van der Waals surface area contributed by atoms with Crippen molar-refractivity contribution in [3.05, 3.63) is 50.1 Å². The Balaban J connectivity index is 1.86. The molecule has 2 aromatic rings. The lowest BCUT2D eigenvalue weighted by Crippen LogP contribution is -2.31. The molecule has 2 rings (SSSR count). The lowest BCUT2D eigenvalue weighted by molar-refractivity contribution is -0.118. The smallest absolute Gasteiger partial charge is 0.235 e. The van der Waals surface area contributed by atoms with Gasteiger partial charge in [-0.3, -0.25) is 4.79 Å². The van der Waals surface area contributed by atoms with Crippen molar-refractivity contribution in [3.63, 3.8) is 0 Å². The van der Waals surface area contributed by atoms with E-state index in [0.717, 1.165) is 8.66 Å². The number of hydrogen-bond acceptors (Lipinski definition) is 4. The van der Waals surface area contributed by atoms with Crippen LogP contribution in [0.1, 0.15) is 4.88 Å². The number of sulfone groups is 1. The second-order valence-corrected chi connectivity index (χ2v) is 9.49. The molecule has 0 unspecified atom stereocenters. The Bertz CT molecular complexity index is 757. The maximum absolute atomic E-state index is 12.1. The number of benzene rings is 1. The molecule has 118 valence electrons. The molecule has 1 aromatic heterocycles. The number of amides is 1. The normalized spacial score (nSPS) is 11.4. The van der Waals surface area contributed by atoms with Gasteiger partial charge in [-0.25, -0.2) is 8.42 Å². The predicted molar refractivity (Wildman–Crippen MR) is 92.2 cm³/mol. The molecule has 4 nitrogen and oxygen atoms in total. The Morgan fingerprint density at radius 3 is 2.45 bits per heavy atom. The van der Waals surface area contributed by atoms with E-state index in [9.17, 15) is 13.2 Å². The first-order chi connectivity index (χ1) is 10.4. The number of carbonyl (C=O) groups is 1. The zero-order valence-corrected chi connectivity index (χ0v) is 15.4. The molecule has 0 spiro atoms. The third kappa shape index (κ3) is 5.08. The van der Waals surface area contributed by atoms with E-state index < -0.39 is 21.5 Å². The average Bonchev–Trinajstić information content (AvgIpc) is 2.84. The zero-order chi connectivity index (χ0) is 16.2. The van der Waals surface area contributed by atoms with Crippen molar-refractivity contribution < 1.29 is 13.2 Å². The fraction of sp³-hybridized carbons (Fsp3) is 0.214. The van der Waals surface area contributed by atoms with Gasteiger partial charge >= 0.3 is 0 Å². The van der Waals surface area contributed by atoms with Crippen LogP contribution in [0.3, 0.4) is 0 Å². The van der Waals surface area contributed by atoms with Gasteiger partial charge in [0.25, 0.3) is 0 Å². The van der Waals surface area contributed by atoms with Gasteiger partial charge in [0.15, 0.2) is 9.84 Å². The minimum Gasteiger partial charge on any atom is -0.355 e. The van der Waals surface area contributed by atoms with Gasteiger partial charge in [-0.15, -0.1) is 11.3 Å². The van der Waals surface area contributed by atoms with Crippen molar-refractivity contribution in [2.24, 2.45) is 0 Å². The van der Waals surface area contributed by atoms with Crippen LogP contribution in [0.5, 0.6) is 0 Å². The molecule has 1 N–H and O–H groups in total. The van der Waals surface area contributed by atoms with Crippen molar-refractivity contribution in [1.29, 1.82) is 0 Å². The Labute approximate surface area is 146 Å². The predicted octanol–water partition coefficient (Wildman–Crippen LogP) is 3.30. The van der Waals surface area contributed by atoms with Crippen LogP contribution >= 0.6 is 38.9 Å². The van der Waals surface area contributed by atoms with Gasteiger partial charge in [0.1, 0.15) is 5.75 Å². The van der Waals surface area contributed by atoms with Crippen molar-refractivity contribution in [1.82, 2.24) is 5.32 Å². The van der Waals surface area contributed by atoms with E-state index in [1.165, 1.54) is 24.3 Å². The number of thiophene rings is 1. The molecule has 22 heavy (non-hydrogen) atoms. The van der Waals surface area contributed by atoms with E-state index >= 15 is 0 Å². The number of nitrogens with one attached hydrogen (secondary N) is 1. The molecule has 0 atom stereocenters. The molecule has 0 saturated carbocycles. The third-order valence-corrected chi connectivity index (χ3v) is 6.38. The maximum Gasteiger partial charge on any atom is 0.235 e. The summed E-state index contributed by atoms with van der Waals surface area (Å²) in [6.45, 7) is 0.405. The van der Waals surface area contributed by atoms with Gasteiger partial charge < -0.3 is 5.32 Å². The summed E-state index contributed by atoms with van der Waals surface area (Å²) >= 11 is 10.7. The van der Waals surface area contributed by atoms with E-state index in [2.05, 4.69) is 21.2 Å². The zero-order valence-electron chi connectivity index (χ0n) is 11.4. The molecule has 0 aliphatic carbocycles. The monoisotopic (exact) mass is 421 g/mol. The van der Waals surface area contributed by atoms with Gasteiger partial charge in [-0.1, -0.05) is 11.6 Å². The van der Waals surface area contributed by atoms with Crippen LogP contribution in [0, 0.1) is 0 Å². The Hall–Kier alpha value is -0.890. The molecule has 0 saturated heterocycles. The fourth-order valence-electron chi connectivity index (χ4n) is 1.76. The molecule has 8 heteroatoms. The van der Waals surface area contributed by atoms with Crippen LogP contribution in [0.15, 0.2) is 45.1 Å². The highest BCUT2D eigenvalue weighted by Crippen LogP contribution is 2.22. The Morgan fingerprint density at radius 1 is 1.18 bits per heavy atom. The Morgan fingerprint density at radius 2 is 1.86 bits per heavy atom. The second-order valence-electron chi connectivity index (χ2n) is 4.52. The van der Waals surface area contributed by atoms with Gasteiger partial charge in [-0.2, -0.15) is 0 Å². The van der Waals surface area contributed by atoms with Crippen molar-refractivity contribution in [2.75, 3.05) is 12.3 Å². The first kappa shape index (κ1) is 17.5. The first-order valence-corrected chi connectivity index (χ1v) is 10.00. The molecular weight excluding hydrogens is 410 g/mol. The van der Waals surface area contributed by atoms with Gasteiger partial charge in [0.05, 0.1) is 8.68 Å². The first-order valence-electron chi connectivity index (χ1n) is 6.36. The molecule has 0 aliphatic heterocycles. The topological polar surface area (TPSA) is 63.2 Å². The standard InChI is InChI=1S/C14H13BrClNO3S2/c15-13-6-3-11(21-13)7-8-17-14(18)9-22(19,20)12-4-1-10(16)2-5-12/h1-6H,7-9H2,(H,17,18). The van der Waals surface area contributed by atoms with Crippen LogP contribution in [0.25, 0.3) is 0 Å². The minimum atomic E-state index is -3.64. The SMILES string of the molecule is O=C(CS(=O)(=O)c1ccc(Cl)cc1)NCCc1ccc(Br)s1. The summed E-state index contributed by atoms with van der Waals surface area (Å²) in [4.78, 5) is 13.0. The van der Waals surface area contributed by atoms with Gasteiger partial charge in [0.2, 0.25) is 5.91 Å². The highest BCUT2D eigenvalue weighted by molar-refractivity contribution is 9.11. The van der Waals surface area contributed by atoms with Crippen LogP contribution in [0.2, 0.25) is 5.02 Å². The summed E-state index contributed by atoms with van der Waals surface area (Å²) in [5, 5.41) is 3.07. The molecule has 1 aromatic carbocycles.